The molecule has 1 aliphatic rings. The molecule has 0 saturated carbocycles. The largest absolute Gasteiger partial charge is 0.465 e. The van der Waals surface area contributed by atoms with Crippen molar-refractivity contribution in [2.75, 3.05) is 25.5 Å². The molecule has 2 rings (SSSR count). The van der Waals surface area contributed by atoms with Gasteiger partial charge in [-0.25, -0.2) is 9.59 Å². The number of hydrogen-bond donors (Lipinski definition) is 1. The van der Waals surface area contributed by atoms with Crippen molar-refractivity contribution in [1.29, 1.82) is 0 Å². The summed E-state index contributed by atoms with van der Waals surface area (Å²) in [7, 11) is 1.33. The number of halogens is 2. The van der Waals surface area contributed by atoms with E-state index >= 15 is 0 Å². The third-order valence-corrected chi connectivity index (χ3v) is 5.94. The Morgan fingerprint density at radius 2 is 1.83 bits per heavy atom. The number of hydrogen-bond acceptors (Lipinski definition) is 5. The summed E-state index contributed by atoms with van der Waals surface area (Å²) in [6, 6.07) is 1.61. The van der Waals surface area contributed by atoms with Gasteiger partial charge in [-0.1, -0.05) is 23.2 Å². The predicted molar refractivity (Wildman–Crippen MR) is 116 cm³/mol. The fourth-order valence-electron chi connectivity index (χ4n) is 3.46. The molecule has 0 aliphatic carbocycles. The first-order chi connectivity index (χ1) is 13.4. The van der Waals surface area contributed by atoms with E-state index in [1.54, 1.807) is 4.90 Å². The lowest BCUT2D eigenvalue weighted by molar-refractivity contribution is 0.0179. The molecule has 0 unspecified atom stereocenters. The number of carbonyl (C=O) groups excluding carboxylic acids is 2. The smallest absolute Gasteiger partial charge is 0.410 e. The first-order valence-electron chi connectivity index (χ1n) is 9.76. The van der Waals surface area contributed by atoms with Crippen molar-refractivity contribution in [2.24, 2.45) is 5.92 Å². The molecular formula is C21H30Cl2N2O4. The maximum absolute atomic E-state index is 12.3. The number of piperidine rings is 1. The van der Waals surface area contributed by atoms with Crippen LogP contribution in [0, 0.1) is 12.8 Å². The highest BCUT2D eigenvalue weighted by Crippen LogP contribution is 2.37. The molecule has 1 amide bonds. The van der Waals surface area contributed by atoms with Crippen LogP contribution in [0.25, 0.3) is 0 Å². The summed E-state index contributed by atoms with van der Waals surface area (Å²) in [5, 5.41) is 4.11. The van der Waals surface area contributed by atoms with E-state index in [1.807, 2.05) is 27.7 Å². The van der Waals surface area contributed by atoms with Crippen LogP contribution in [0.2, 0.25) is 10.0 Å². The number of benzene rings is 1. The molecular weight excluding hydrogens is 415 g/mol. The Morgan fingerprint density at radius 1 is 1.24 bits per heavy atom. The molecule has 1 saturated heterocycles. The number of carbonyl (C=O) groups is 2. The first-order valence-corrected chi connectivity index (χ1v) is 10.5. The highest BCUT2D eigenvalue weighted by Gasteiger charge is 2.30. The first kappa shape index (κ1) is 23.6. The van der Waals surface area contributed by atoms with Crippen molar-refractivity contribution >= 4 is 41.0 Å². The van der Waals surface area contributed by atoms with E-state index in [0.29, 0.717) is 45.9 Å². The van der Waals surface area contributed by atoms with E-state index in [0.717, 1.165) is 12.8 Å². The summed E-state index contributed by atoms with van der Waals surface area (Å²) in [5.74, 6) is -0.118. The quantitative estimate of drug-likeness (QED) is 0.617. The molecule has 162 valence electrons. The molecule has 0 bridgehead atoms. The van der Waals surface area contributed by atoms with Gasteiger partial charge in [0.1, 0.15) is 5.60 Å². The summed E-state index contributed by atoms with van der Waals surface area (Å²) >= 11 is 12.6. The molecule has 6 nitrogen and oxygen atoms in total. The molecule has 1 N–H and O–H groups in total. The number of methoxy groups -OCH3 is 1. The van der Waals surface area contributed by atoms with Crippen LogP contribution in [0.1, 0.15) is 56.5 Å². The summed E-state index contributed by atoms with van der Waals surface area (Å²) in [6.07, 6.45) is 1.41. The van der Waals surface area contributed by atoms with E-state index in [1.165, 1.54) is 13.2 Å². The van der Waals surface area contributed by atoms with Gasteiger partial charge in [0.15, 0.2) is 0 Å². The van der Waals surface area contributed by atoms with Gasteiger partial charge in [-0.05, 0) is 65.0 Å². The van der Waals surface area contributed by atoms with Gasteiger partial charge in [0.05, 0.1) is 28.4 Å². The van der Waals surface area contributed by atoms with E-state index in [2.05, 4.69) is 12.2 Å². The van der Waals surface area contributed by atoms with Crippen LogP contribution in [0.15, 0.2) is 6.07 Å². The highest BCUT2D eigenvalue weighted by molar-refractivity contribution is 6.44. The van der Waals surface area contributed by atoms with Crippen molar-refractivity contribution in [2.45, 2.75) is 59.1 Å². The van der Waals surface area contributed by atoms with Crippen LogP contribution in [-0.4, -0.2) is 48.8 Å². The average molecular weight is 445 g/mol. The van der Waals surface area contributed by atoms with Crippen LogP contribution in [0.4, 0.5) is 10.5 Å². The second-order valence-electron chi connectivity index (χ2n) is 8.45. The number of nitrogens with zero attached hydrogens (tertiary/aromatic N) is 1. The molecule has 0 spiro atoms. The molecule has 1 aromatic carbocycles. The topological polar surface area (TPSA) is 67.9 Å². The Bertz CT molecular complexity index is 769. The normalized spacial score (nSPS) is 16.3. The van der Waals surface area contributed by atoms with Crippen molar-refractivity contribution < 1.29 is 19.1 Å². The minimum atomic E-state index is -0.499. The number of rotatable bonds is 4. The molecule has 0 radical (unpaired) electrons. The zero-order valence-corrected chi connectivity index (χ0v) is 19.4. The Hall–Kier alpha value is -1.66. The fraction of sp³-hybridized carbons (Fsp3) is 0.619. The number of anilines is 1. The highest BCUT2D eigenvalue weighted by atomic mass is 35.5. The molecule has 1 aromatic rings. The van der Waals surface area contributed by atoms with Crippen molar-refractivity contribution in [3.63, 3.8) is 0 Å². The minimum absolute atomic E-state index is 0.0796. The SMILES string of the molecule is COC(=O)c1cc(Cl)c(Cl)c(N[C@@H](C)C2CCN(C(=O)OC(C)(C)C)CC2)c1C. The van der Waals surface area contributed by atoms with Gasteiger partial charge in [-0.2, -0.15) is 0 Å². The lowest BCUT2D eigenvalue weighted by Crippen LogP contribution is -2.44. The monoisotopic (exact) mass is 444 g/mol. The minimum Gasteiger partial charge on any atom is -0.465 e. The molecule has 1 aliphatic heterocycles. The van der Waals surface area contributed by atoms with Crippen LogP contribution >= 0.6 is 23.2 Å². The standard InChI is InChI=1S/C21H30Cl2N2O4/c1-12-15(19(26)28-6)11-16(22)17(23)18(12)24-13(2)14-7-9-25(10-8-14)20(27)29-21(3,4)5/h11,13-14,24H,7-10H2,1-6H3/t13-/m0/s1. The molecule has 1 atom stereocenters. The number of esters is 1. The lowest BCUT2D eigenvalue weighted by atomic mass is 9.90. The molecule has 0 aromatic heterocycles. The Labute approximate surface area is 182 Å². The van der Waals surface area contributed by atoms with Gasteiger partial charge in [-0.15, -0.1) is 0 Å². The van der Waals surface area contributed by atoms with E-state index in [9.17, 15) is 9.59 Å². The summed E-state index contributed by atoms with van der Waals surface area (Å²) in [5.41, 5.74) is 1.23. The second kappa shape index (κ2) is 9.43. The van der Waals surface area contributed by atoms with Crippen molar-refractivity contribution in [3.8, 4) is 0 Å². The van der Waals surface area contributed by atoms with Gasteiger partial charge in [-0.3, -0.25) is 0 Å². The third kappa shape index (κ3) is 5.92. The maximum atomic E-state index is 12.3. The van der Waals surface area contributed by atoms with E-state index in [-0.39, 0.29) is 12.1 Å². The Balaban J connectivity index is 2.07. The number of ether oxygens (including phenoxy) is 2. The zero-order valence-electron chi connectivity index (χ0n) is 17.9. The molecule has 8 heteroatoms. The van der Waals surface area contributed by atoms with Crippen LogP contribution in [0.3, 0.4) is 0 Å². The predicted octanol–water partition coefficient (Wildman–Crippen LogP) is 5.54. The van der Waals surface area contributed by atoms with Crippen molar-refractivity contribution in [1.82, 2.24) is 4.90 Å². The van der Waals surface area contributed by atoms with Gasteiger partial charge < -0.3 is 19.7 Å². The van der Waals surface area contributed by atoms with Crippen molar-refractivity contribution in [3.05, 3.63) is 27.2 Å². The summed E-state index contributed by atoms with van der Waals surface area (Å²) in [4.78, 5) is 26.0. The lowest BCUT2D eigenvalue weighted by Gasteiger charge is -2.36. The number of amides is 1. The average Bonchev–Trinajstić information content (AvgIpc) is 2.66. The molecule has 1 fully saturated rings. The molecule has 29 heavy (non-hydrogen) atoms. The molecule has 1 heterocycles. The van der Waals surface area contributed by atoms with Gasteiger partial charge in [0.2, 0.25) is 0 Å². The number of likely N-dealkylation sites (tertiary alicyclic amines) is 1. The van der Waals surface area contributed by atoms with Gasteiger partial charge in [0.25, 0.3) is 0 Å². The Morgan fingerprint density at radius 3 is 2.34 bits per heavy atom. The van der Waals surface area contributed by atoms with Crippen LogP contribution in [-0.2, 0) is 9.47 Å². The summed E-state index contributed by atoms with van der Waals surface area (Å²) < 4.78 is 10.3. The Kier molecular flexibility index (Phi) is 7.68. The fourth-order valence-corrected chi connectivity index (χ4v) is 3.92. The van der Waals surface area contributed by atoms with Gasteiger partial charge in [0, 0.05) is 19.1 Å². The third-order valence-electron chi connectivity index (χ3n) is 5.15. The van der Waals surface area contributed by atoms with Crippen LogP contribution < -0.4 is 5.32 Å². The maximum Gasteiger partial charge on any atom is 0.410 e. The number of nitrogens with one attached hydrogen (secondary N) is 1. The van der Waals surface area contributed by atoms with E-state index < -0.39 is 11.6 Å². The summed E-state index contributed by atoms with van der Waals surface area (Å²) in [6.45, 7) is 10.8. The van der Waals surface area contributed by atoms with Gasteiger partial charge >= 0.3 is 12.1 Å². The zero-order chi connectivity index (χ0) is 21.9. The second-order valence-corrected chi connectivity index (χ2v) is 9.23. The van der Waals surface area contributed by atoms with Crippen LogP contribution in [0.5, 0.6) is 0 Å². The van der Waals surface area contributed by atoms with E-state index in [4.69, 9.17) is 32.7 Å².